The minimum Gasteiger partial charge on any atom is -0.455 e. The first-order chi connectivity index (χ1) is 13.4. The van der Waals surface area contributed by atoms with Crippen LogP contribution in [-0.2, 0) is 12.8 Å². The molecule has 1 amide bonds. The number of amides is 1. The van der Waals surface area contributed by atoms with E-state index in [-0.39, 0.29) is 11.5 Å². The van der Waals surface area contributed by atoms with Crippen LogP contribution in [0.2, 0.25) is 0 Å². The Morgan fingerprint density at radius 2 is 2.11 bits per heavy atom. The lowest BCUT2D eigenvalue weighted by atomic mass is 9.94. The summed E-state index contributed by atoms with van der Waals surface area (Å²) in [4.78, 5) is 29.6. The van der Waals surface area contributed by atoms with Gasteiger partial charge in [-0.3, -0.25) is 14.9 Å². The van der Waals surface area contributed by atoms with Crippen molar-refractivity contribution in [2.24, 2.45) is 0 Å². The summed E-state index contributed by atoms with van der Waals surface area (Å²) < 4.78 is 32.0. The molecular weight excluding hydrogens is 386 g/mol. The molecule has 144 valence electrons. The van der Waals surface area contributed by atoms with Gasteiger partial charge in [0, 0.05) is 35.9 Å². The number of nitrogens with zero attached hydrogens (tertiary/aromatic N) is 1. The van der Waals surface area contributed by atoms with Gasteiger partial charge in [0.2, 0.25) is 0 Å². The van der Waals surface area contributed by atoms with Gasteiger partial charge in [0.05, 0.1) is 5.56 Å². The highest BCUT2D eigenvalue weighted by atomic mass is 32.1. The van der Waals surface area contributed by atoms with E-state index in [4.69, 9.17) is 4.42 Å². The van der Waals surface area contributed by atoms with E-state index in [1.807, 2.05) is 0 Å². The van der Waals surface area contributed by atoms with E-state index >= 15 is 0 Å². The number of hydrogen-bond acceptors (Lipinski definition) is 5. The standard InChI is InChI=1S/C20H16F2N2O3S/c1-10-17-15(25)3-2-4-16(17)27-18(10)19(26)24-20-23-9-12(28-20)7-11-5-6-13(21)14(22)8-11/h5-6,8-9H,2-4,7H2,1H3,(H,23,24,26). The summed E-state index contributed by atoms with van der Waals surface area (Å²) in [5.74, 6) is -1.56. The molecule has 0 bridgehead atoms. The first-order valence-corrected chi connectivity index (χ1v) is 9.59. The van der Waals surface area contributed by atoms with Crippen LogP contribution < -0.4 is 5.32 Å². The number of nitrogens with one attached hydrogen (secondary N) is 1. The van der Waals surface area contributed by atoms with Crippen molar-refractivity contribution in [3.05, 3.63) is 69.1 Å². The van der Waals surface area contributed by atoms with Crippen LogP contribution >= 0.6 is 11.3 Å². The maximum atomic E-state index is 13.3. The monoisotopic (exact) mass is 402 g/mol. The molecule has 5 nitrogen and oxygen atoms in total. The number of halogens is 2. The number of aryl methyl sites for hydroxylation is 1. The third-order valence-corrected chi connectivity index (χ3v) is 5.56. The number of aromatic nitrogens is 1. The van der Waals surface area contributed by atoms with Gasteiger partial charge in [-0.05, 0) is 31.0 Å². The molecule has 1 aliphatic rings. The van der Waals surface area contributed by atoms with E-state index in [0.717, 1.165) is 23.4 Å². The first kappa shape index (κ1) is 18.5. The van der Waals surface area contributed by atoms with E-state index in [0.29, 0.717) is 46.8 Å². The number of hydrogen-bond donors (Lipinski definition) is 1. The van der Waals surface area contributed by atoms with E-state index in [1.54, 1.807) is 13.1 Å². The Morgan fingerprint density at radius 3 is 2.86 bits per heavy atom. The largest absolute Gasteiger partial charge is 0.455 e. The summed E-state index contributed by atoms with van der Waals surface area (Å²) >= 11 is 1.23. The second-order valence-electron chi connectivity index (χ2n) is 6.64. The van der Waals surface area contributed by atoms with Gasteiger partial charge >= 0.3 is 0 Å². The Kier molecular flexibility index (Phi) is 4.80. The van der Waals surface area contributed by atoms with Gasteiger partial charge in [0.25, 0.3) is 5.91 Å². The lowest BCUT2D eigenvalue weighted by Gasteiger charge is -2.07. The zero-order valence-electron chi connectivity index (χ0n) is 15.0. The van der Waals surface area contributed by atoms with Crippen molar-refractivity contribution in [1.29, 1.82) is 0 Å². The van der Waals surface area contributed by atoms with Crippen LogP contribution in [0.5, 0.6) is 0 Å². The second kappa shape index (κ2) is 7.27. The fourth-order valence-electron chi connectivity index (χ4n) is 3.32. The van der Waals surface area contributed by atoms with Crippen molar-refractivity contribution in [3.63, 3.8) is 0 Å². The van der Waals surface area contributed by atoms with Gasteiger partial charge in [-0.1, -0.05) is 6.07 Å². The number of fused-ring (bicyclic) bond motifs is 1. The first-order valence-electron chi connectivity index (χ1n) is 8.78. The maximum absolute atomic E-state index is 13.3. The number of ketones is 1. The molecular formula is C20H16F2N2O3S. The van der Waals surface area contributed by atoms with Crippen LogP contribution in [0.15, 0.2) is 28.8 Å². The number of carbonyl (C=O) groups excluding carboxylic acids is 2. The van der Waals surface area contributed by atoms with E-state index in [1.165, 1.54) is 17.4 Å². The van der Waals surface area contributed by atoms with Crippen molar-refractivity contribution < 1.29 is 22.8 Å². The third-order valence-electron chi connectivity index (χ3n) is 4.65. The molecule has 0 saturated carbocycles. The average Bonchev–Trinajstić information content (AvgIpc) is 3.23. The molecule has 0 fully saturated rings. The molecule has 2 aromatic heterocycles. The SMILES string of the molecule is Cc1c(C(=O)Nc2ncc(Cc3ccc(F)c(F)c3)s2)oc2c1C(=O)CCC2. The van der Waals surface area contributed by atoms with Crippen molar-refractivity contribution in [2.45, 2.75) is 32.6 Å². The van der Waals surface area contributed by atoms with E-state index in [2.05, 4.69) is 10.3 Å². The Morgan fingerprint density at radius 1 is 1.29 bits per heavy atom. The number of rotatable bonds is 4. The topological polar surface area (TPSA) is 72.2 Å². The van der Waals surface area contributed by atoms with Crippen molar-refractivity contribution in [2.75, 3.05) is 5.32 Å². The highest BCUT2D eigenvalue weighted by molar-refractivity contribution is 7.15. The normalized spacial score (nSPS) is 13.5. The van der Waals surface area contributed by atoms with Crippen molar-refractivity contribution in [3.8, 4) is 0 Å². The lowest BCUT2D eigenvalue weighted by molar-refractivity contribution is 0.0963. The predicted molar refractivity (Wildman–Crippen MR) is 99.9 cm³/mol. The number of carbonyl (C=O) groups is 2. The molecule has 1 aliphatic carbocycles. The molecule has 0 saturated heterocycles. The van der Waals surface area contributed by atoms with Crippen LogP contribution in [0.1, 0.15) is 55.5 Å². The highest BCUT2D eigenvalue weighted by Gasteiger charge is 2.29. The molecule has 1 N–H and O–H groups in total. The van der Waals surface area contributed by atoms with Gasteiger partial charge in [-0.25, -0.2) is 13.8 Å². The molecule has 0 aliphatic heterocycles. The molecule has 3 aromatic rings. The van der Waals surface area contributed by atoms with Gasteiger partial charge in [0.1, 0.15) is 5.76 Å². The van der Waals surface area contributed by atoms with Gasteiger partial charge in [-0.15, -0.1) is 11.3 Å². The van der Waals surface area contributed by atoms with E-state index in [9.17, 15) is 18.4 Å². The van der Waals surface area contributed by atoms with Crippen LogP contribution in [0.25, 0.3) is 0 Å². The molecule has 8 heteroatoms. The Balaban J connectivity index is 1.49. The zero-order valence-corrected chi connectivity index (χ0v) is 15.8. The van der Waals surface area contributed by atoms with Crippen LogP contribution in [0.3, 0.4) is 0 Å². The molecule has 4 rings (SSSR count). The maximum Gasteiger partial charge on any atom is 0.293 e. The Bertz CT molecular complexity index is 1090. The summed E-state index contributed by atoms with van der Waals surface area (Å²) in [6, 6.07) is 3.72. The molecule has 0 spiro atoms. The van der Waals surface area contributed by atoms with Crippen molar-refractivity contribution >= 4 is 28.2 Å². The second-order valence-corrected chi connectivity index (χ2v) is 7.76. The Hall–Kier alpha value is -2.87. The molecule has 0 atom stereocenters. The third kappa shape index (κ3) is 3.47. The molecule has 0 unspecified atom stereocenters. The number of benzene rings is 1. The fraction of sp³-hybridized carbons (Fsp3) is 0.250. The fourth-order valence-corrected chi connectivity index (χ4v) is 4.16. The van der Waals surface area contributed by atoms with Crippen LogP contribution in [0, 0.1) is 18.6 Å². The number of anilines is 1. The van der Waals surface area contributed by atoms with Gasteiger partial charge < -0.3 is 4.42 Å². The number of Topliss-reactive ketones (excluding diaryl/α,β-unsaturated/α-hetero) is 1. The smallest absolute Gasteiger partial charge is 0.293 e. The summed E-state index contributed by atoms with van der Waals surface area (Å²) in [6.07, 6.45) is 3.77. The van der Waals surface area contributed by atoms with Crippen molar-refractivity contribution in [1.82, 2.24) is 4.98 Å². The zero-order chi connectivity index (χ0) is 19.8. The van der Waals surface area contributed by atoms with Crippen LogP contribution in [0.4, 0.5) is 13.9 Å². The minimum atomic E-state index is -0.901. The van der Waals surface area contributed by atoms with E-state index < -0.39 is 17.5 Å². The van der Waals surface area contributed by atoms with Gasteiger partial charge in [0.15, 0.2) is 28.3 Å². The summed E-state index contributed by atoms with van der Waals surface area (Å²) in [5, 5.41) is 3.04. The van der Waals surface area contributed by atoms with Gasteiger partial charge in [-0.2, -0.15) is 0 Å². The summed E-state index contributed by atoms with van der Waals surface area (Å²) in [7, 11) is 0. The molecule has 1 aromatic carbocycles. The number of thiazole rings is 1. The molecule has 28 heavy (non-hydrogen) atoms. The molecule has 0 radical (unpaired) electrons. The lowest BCUT2D eigenvalue weighted by Crippen LogP contribution is -2.13. The summed E-state index contributed by atoms with van der Waals surface area (Å²) in [5.41, 5.74) is 1.68. The quantitative estimate of drug-likeness (QED) is 0.688. The molecule has 2 heterocycles. The summed E-state index contributed by atoms with van der Waals surface area (Å²) in [6.45, 7) is 1.71. The van der Waals surface area contributed by atoms with Crippen LogP contribution in [-0.4, -0.2) is 16.7 Å². The highest BCUT2D eigenvalue weighted by Crippen LogP contribution is 2.30. The predicted octanol–water partition coefficient (Wildman–Crippen LogP) is 4.68. The Labute approximate surface area is 163 Å². The minimum absolute atomic E-state index is 0.00427. The average molecular weight is 402 g/mol. The number of furan rings is 1.